The number of rotatable bonds is 7. The lowest BCUT2D eigenvalue weighted by Gasteiger charge is -2.29. The Morgan fingerprint density at radius 1 is 1.07 bits per heavy atom. The van der Waals surface area contributed by atoms with E-state index in [9.17, 15) is 18.0 Å². The molecule has 30 heavy (non-hydrogen) atoms. The third-order valence-electron chi connectivity index (χ3n) is 6.10. The molecule has 1 saturated heterocycles. The van der Waals surface area contributed by atoms with Crippen molar-refractivity contribution < 1.29 is 18.0 Å². The van der Waals surface area contributed by atoms with E-state index in [0.717, 1.165) is 25.1 Å². The zero-order valence-corrected chi connectivity index (χ0v) is 18.5. The molecule has 2 amide bonds. The second kappa shape index (κ2) is 9.34. The monoisotopic (exact) mass is 436 g/mol. The summed E-state index contributed by atoms with van der Waals surface area (Å²) in [4.78, 5) is 26.2. The van der Waals surface area contributed by atoms with E-state index in [0.29, 0.717) is 31.4 Å². The third-order valence-corrected chi connectivity index (χ3v) is 8.00. The maximum atomic E-state index is 12.6. The predicted octanol–water partition coefficient (Wildman–Crippen LogP) is 1.97. The summed E-state index contributed by atoms with van der Waals surface area (Å²) in [6, 6.07) is 7.11. The van der Waals surface area contributed by atoms with Gasteiger partial charge in [0.15, 0.2) is 0 Å². The fourth-order valence-electron chi connectivity index (χ4n) is 4.19. The molecule has 1 aliphatic carbocycles. The summed E-state index contributed by atoms with van der Waals surface area (Å²) in [6.07, 6.45) is 4.33. The largest absolute Gasteiger partial charge is 0.368 e. The van der Waals surface area contributed by atoms with Crippen LogP contribution in [0.5, 0.6) is 0 Å². The number of primary amides is 1. The highest BCUT2D eigenvalue weighted by Gasteiger charge is 2.30. The molecule has 1 aliphatic heterocycles. The number of nitrogens with one attached hydrogen (secondary N) is 2. The summed E-state index contributed by atoms with van der Waals surface area (Å²) in [5.41, 5.74) is 7.12. The minimum atomic E-state index is -3.29. The van der Waals surface area contributed by atoms with Crippen LogP contribution in [0.15, 0.2) is 24.3 Å². The van der Waals surface area contributed by atoms with Crippen LogP contribution in [0, 0.1) is 5.92 Å². The second-order valence-electron chi connectivity index (χ2n) is 8.55. The van der Waals surface area contributed by atoms with E-state index in [-0.39, 0.29) is 29.8 Å². The number of nitrogens with zero attached hydrogens (tertiary/aromatic N) is 1. The van der Waals surface area contributed by atoms with Crippen molar-refractivity contribution in [1.29, 1.82) is 0 Å². The minimum Gasteiger partial charge on any atom is -0.368 e. The molecule has 9 heteroatoms. The standard InChI is InChI=1S/C21H32N4O4S/c1-14(2)30(28,29)24-17-7-5-15(6-8-17)21(27)23-16-9-11-18(12-10-16)25-13-3-4-19(25)20(22)26/h9-12,14-15,17,19,24H,3-8,13H2,1-2H3,(H2,22,26)(H,23,27)/t15?,17?,19-/m0/s1. The fourth-order valence-corrected chi connectivity index (χ4v) is 5.17. The summed E-state index contributed by atoms with van der Waals surface area (Å²) in [5, 5.41) is 2.50. The van der Waals surface area contributed by atoms with Gasteiger partial charge >= 0.3 is 0 Å². The third kappa shape index (κ3) is 5.31. The van der Waals surface area contributed by atoms with Crippen LogP contribution in [0.3, 0.4) is 0 Å². The van der Waals surface area contributed by atoms with Gasteiger partial charge in [-0.3, -0.25) is 9.59 Å². The average molecular weight is 437 g/mol. The van der Waals surface area contributed by atoms with Gasteiger partial charge in [-0.2, -0.15) is 0 Å². The van der Waals surface area contributed by atoms with Crippen LogP contribution >= 0.6 is 0 Å². The molecule has 1 heterocycles. The molecule has 0 unspecified atom stereocenters. The van der Waals surface area contributed by atoms with E-state index < -0.39 is 15.3 Å². The first-order valence-electron chi connectivity index (χ1n) is 10.7. The number of hydrogen-bond donors (Lipinski definition) is 3. The quantitative estimate of drug-likeness (QED) is 0.603. The lowest BCUT2D eigenvalue weighted by molar-refractivity contribution is -0.121. The van der Waals surface area contributed by atoms with E-state index >= 15 is 0 Å². The highest BCUT2D eigenvalue weighted by Crippen LogP contribution is 2.29. The summed E-state index contributed by atoms with van der Waals surface area (Å²) < 4.78 is 26.8. The van der Waals surface area contributed by atoms with Crippen molar-refractivity contribution in [3.8, 4) is 0 Å². The Morgan fingerprint density at radius 2 is 1.70 bits per heavy atom. The Kier molecular flexibility index (Phi) is 7.02. The van der Waals surface area contributed by atoms with E-state index in [1.807, 2.05) is 29.2 Å². The maximum absolute atomic E-state index is 12.6. The minimum absolute atomic E-state index is 0.0379. The number of carbonyl (C=O) groups excluding carboxylic acids is 2. The first kappa shape index (κ1) is 22.6. The molecule has 1 aromatic rings. The molecule has 4 N–H and O–H groups in total. The van der Waals surface area contributed by atoms with Gasteiger partial charge in [0.25, 0.3) is 0 Å². The molecule has 2 aliphatic rings. The second-order valence-corrected chi connectivity index (χ2v) is 10.8. The first-order valence-corrected chi connectivity index (χ1v) is 12.2. The number of hydrogen-bond acceptors (Lipinski definition) is 5. The number of nitrogens with two attached hydrogens (primary N) is 1. The molecule has 1 aromatic carbocycles. The highest BCUT2D eigenvalue weighted by molar-refractivity contribution is 7.90. The van der Waals surface area contributed by atoms with Crippen molar-refractivity contribution in [2.75, 3.05) is 16.8 Å². The van der Waals surface area contributed by atoms with E-state index in [1.165, 1.54) is 0 Å². The van der Waals surface area contributed by atoms with Crippen LogP contribution in [0.1, 0.15) is 52.4 Å². The van der Waals surface area contributed by atoms with Gasteiger partial charge in [-0.05, 0) is 76.6 Å². The van der Waals surface area contributed by atoms with E-state index in [1.54, 1.807) is 13.8 Å². The number of anilines is 2. The molecule has 0 radical (unpaired) electrons. The van der Waals surface area contributed by atoms with Crippen LogP contribution in [0.4, 0.5) is 11.4 Å². The van der Waals surface area contributed by atoms with Crippen molar-refractivity contribution in [2.45, 2.75) is 69.7 Å². The lowest BCUT2D eigenvalue weighted by Crippen LogP contribution is -2.42. The van der Waals surface area contributed by atoms with Gasteiger partial charge in [-0.25, -0.2) is 13.1 Å². The van der Waals surface area contributed by atoms with Crippen molar-refractivity contribution in [3.05, 3.63) is 24.3 Å². The maximum Gasteiger partial charge on any atom is 0.240 e. The predicted molar refractivity (Wildman–Crippen MR) is 118 cm³/mol. The molecule has 166 valence electrons. The Bertz CT molecular complexity index is 861. The SMILES string of the molecule is CC(C)S(=O)(=O)NC1CCC(C(=O)Nc2ccc(N3CCC[C@H]3C(N)=O)cc2)CC1. The number of carbonyl (C=O) groups is 2. The summed E-state index contributed by atoms with van der Waals surface area (Å²) in [6.45, 7) is 4.11. The van der Waals surface area contributed by atoms with Gasteiger partial charge in [-0.15, -0.1) is 0 Å². The first-order chi connectivity index (χ1) is 14.2. The molecule has 2 fully saturated rings. The van der Waals surface area contributed by atoms with Crippen LogP contribution < -0.4 is 20.7 Å². The van der Waals surface area contributed by atoms with Gasteiger partial charge in [0.05, 0.1) is 5.25 Å². The summed E-state index contributed by atoms with van der Waals surface area (Å²) in [5.74, 6) is -0.470. The smallest absolute Gasteiger partial charge is 0.240 e. The van der Waals surface area contributed by atoms with Gasteiger partial charge in [0.1, 0.15) is 6.04 Å². The molecule has 8 nitrogen and oxygen atoms in total. The number of benzene rings is 1. The van der Waals surface area contributed by atoms with Gasteiger partial charge in [0, 0.05) is 29.9 Å². The van der Waals surface area contributed by atoms with Gasteiger partial charge in [0.2, 0.25) is 21.8 Å². The van der Waals surface area contributed by atoms with Crippen molar-refractivity contribution in [3.63, 3.8) is 0 Å². The molecule has 0 aromatic heterocycles. The van der Waals surface area contributed by atoms with Crippen molar-refractivity contribution in [2.24, 2.45) is 11.7 Å². The van der Waals surface area contributed by atoms with Crippen LogP contribution in [-0.4, -0.2) is 44.1 Å². The molecule has 1 atom stereocenters. The molecule has 0 spiro atoms. The Hall–Kier alpha value is -2.13. The zero-order chi connectivity index (χ0) is 21.9. The Morgan fingerprint density at radius 3 is 2.27 bits per heavy atom. The highest BCUT2D eigenvalue weighted by atomic mass is 32.2. The fraction of sp³-hybridized carbons (Fsp3) is 0.619. The van der Waals surface area contributed by atoms with E-state index in [2.05, 4.69) is 10.0 Å². The Labute approximate surface area is 178 Å². The molecule has 1 saturated carbocycles. The van der Waals surface area contributed by atoms with Gasteiger partial charge in [-0.1, -0.05) is 0 Å². The molecular weight excluding hydrogens is 404 g/mol. The van der Waals surface area contributed by atoms with Crippen LogP contribution in [0.25, 0.3) is 0 Å². The zero-order valence-electron chi connectivity index (χ0n) is 17.6. The average Bonchev–Trinajstić information content (AvgIpc) is 3.19. The number of sulfonamides is 1. The number of amides is 2. The summed E-state index contributed by atoms with van der Waals surface area (Å²) in [7, 11) is -3.29. The van der Waals surface area contributed by atoms with Crippen molar-refractivity contribution >= 4 is 33.2 Å². The molecule has 3 rings (SSSR count). The lowest BCUT2D eigenvalue weighted by atomic mass is 9.86. The molecular formula is C21H32N4O4S. The van der Waals surface area contributed by atoms with E-state index in [4.69, 9.17) is 5.73 Å². The topological polar surface area (TPSA) is 122 Å². The molecule has 0 bridgehead atoms. The van der Waals surface area contributed by atoms with Crippen molar-refractivity contribution in [1.82, 2.24) is 4.72 Å². The van der Waals surface area contributed by atoms with Gasteiger partial charge < -0.3 is 16.0 Å². The normalized spacial score (nSPS) is 24.8. The summed E-state index contributed by atoms with van der Waals surface area (Å²) >= 11 is 0. The van der Waals surface area contributed by atoms with Crippen LogP contribution in [0.2, 0.25) is 0 Å². The Balaban J connectivity index is 1.51. The van der Waals surface area contributed by atoms with Crippen LogP contribution in [-0.2, 0) is 19.6 Å².